The molecule has 1 atom stereocenters. The number of ether oxygens (including phenoxy) is 1. The number of nitrogens with one attached hydrogen (secondary N) is 1. The molecule has 0 aromatic rings. The predicted octanol–water partition coefficient (Wildman–Crippen LogP) is 3.28. The van der Waals surface area contributed by atoms with Crippen LogP contribution in [0.3, 0.4) is 0 Å². The first-order valence-corrected chi connectivity index (χ1v) is 7.07. The minimum atomic E-state index is -0.143. The molecule has 0 aliphatic heterocycles. The number of unbranched alkanes of at least 4 members (excludes halogenated alkanes) is 6. The van der Waals surface area contributed by atoms with Crippen molar-refractivity contribution in [3.63, 3.8) is 0 Å². The van der Waals surface area contributed by atoms with Crippen LogP contribution < -0.4 is 5.32 Å². The van der Waals surface area contributed by atoms with Crippen LogP contribution in [0.25, 0.3) is 0 Å². The first-order valence-electron chi connectivity index (χ1n) is 7.07. The van der Waals surface area contributed by atoms with E-state index in [4.69, 9.17) is 4.74 Å². The van der Waals surface area contributed by atoms with Gasteiger partial charge in [0.15, 0.2) is 0 Å². The fourth-order valence-corrected chi connectivity index (χ4v) is 1.89. The second-order valence-corrected chi connectivity index (χ2v) is 4.56. The molecule has 1 unspecified atom stereocenters. The molecule has 0 aliphatic rings. The summed E-state index contributed by atoms with van der Waals surface area (Å²) in [4.78, 5) is 11.3. The van der Waals surface area contributed by atoms with E-state index in [0.29, 0.717) is 0 Å². The maximum Gasteiger partial charge on any atom is 0.322 e. The van der Waals surface area contributed by atoms with Crippen LogP contribution in [0.4, 0.5) is 0 Å². The van der Waals surface area contributed by atoms with Crippen LogP contribution in [-0.2, 0) is 9.53 Å². The van der Waals surface area contributed by atoms with Gasteiger partial charge in [-0.05, 0) is 19.4 Å². The quantitative estimate of drug-likeness (QED) is 0.447. The summed E-state index contributed by atoms with van der Waals surface area (Å²) in [7, 11) is 1.44. The van der Waals surface area contributed by atoms with Crippen LogP contribution >= 0.6 is 0 Å². The summed E-state index contributed by atoms with van der Waals surface area (Å²) >= 11 is 0. The van der Waals surface area contributed by atoms with Gasteiger partial charge < -0.3 is 10.1 Å². The number of methoxy groups -OCH3 is 1. The van der Waals surface area contributed by atoms with Crippen molar-refractivity contribution < 1.29 is 9.53 Å². The Bertz CT molecular complexity index is 183. The average Bonchev–Trinajstić information content (AvgIpc) is 2.36. The Morgan fingerprint density at radius 3 is 2.18 bits per heavy atom. The first-order chi connectivity index (χ1) is 8.26. The van der Waals surface area contributed by atoms with E-state index in [9.17, 15) is 4.79 Å². The van der Waals surface area contributed by atoms with Gasteiger partial charge in [0, 0.05) is 0 Å². The van der Waals surface area contributed by atoms with Crippen molar-refractivity contribution in [2.45, 2.75) is 71.3 Å². The van der Waals surface area contributed by atoms with Crippen LogP contribution in [0.5, 0.6) is 0 Å². The maximum absolute atomic E-state index is 11.3. The zero-order valence-electron chi connectivity index (χ0n) is 11.8. The molecule has 17 heavy (non-hydrogen) atoms. The molecule has 3 heteroatoms. The molecule has 0 saturated heterocycles. The fourth-order valence-electron chi connectivity index (χ4n) is 1.89. The van der Waals surface area contributed by atoms with E-state index < -0.39 is 0 Å². The summed E-state index contributed by atoms with van der Waals surface area (Å²) in [5, 5.41) is 3.25. The second-order valence-electron chi connectivity index (χ2n) is 4.56. The zero-order valence-corrected chi connectivity index (χ0v) is 11.8. The second kappa shape index (κ2) is 11.9. The number of hydrogen-bond donors (Lipinski definition) is 1. The molecule has 0 aromatic heterocycles. The molecule has 0 spiro atoms. The van der Waals surface area contributed by atoms with Crippen molar-refractivity contribution >= 4 is 5.97 Å². The topological polar surface area (TPSA) is 38.3 Å². The Hall–Kier alpha value is -0.570. The van der Waals surface area contributed by atoms with E-state index in [2.05, 4.69) is 12.2 Å². The van der Waals surface area contributed by atoms with Crippen molar-refractivity contribution in [2.24, 2.45) is 0 Å². The lowest BCUT2D eigenvalue weighted by Crippen LogP contribution is -2.37. The Morgan fingerprint density at radius 1 is 1.06 bits per heavy atom. The average molecular weight is 243 g/mol. The normalized spacial score (nSPS) is 12.4. The summed E-state index contributed by atoms with van der Waals surface area (Å²) in [5.74, 6) is -0.143. The van der Waals surface area contributed by atoms with Gasteiger partial charge in [-0.3, -0.25) is 4.79 Å². The van der Waals surface area contributed by atoms with E-state index in [1.165, 1.54) is 45.6 Å². The molecule has 3 nitrogen and oxygen atoms in total. The molecular formula is C14H29NO2. The van der Waals surface area contributed by atoms with Gasteiger partial charge in [0.25, 0.3) is 0 Å². The van der Waals surface area contributed by atoms with Crippen LogP contribution in [0.2, 0.25) is 0 Å². The number of carbonyl (C=O) groups excluding carboxylic acids is 1. The standard InChI is InChI=1S/C14H29NO2/c1-4-6-7-8-9-10-11-12-15-13(5-2)14(16)17-3/h13,15H,4-12H2,1-3H3. The Morgan fingerprint density at radius 2 is 1.65 bits per heavy atom. The van der Waals surface area contributed by atoms with E-state index in [-0.39, 0.29) is 12.0 Å². The highest BCUT2D eigenvalue weighted by molar-refractivity contribution is 5.75. The van der Waals surface area contributed by atoms with Crippen LogP contribution in [0.15, 0.2) is 0 Å². The van der Waals surface area contributed by atoms with E-state index in [1.807, 2.05) is 6.92 Å². The largest absolute Gasteiger partial charge is 0.468 e. The zero-order chi connectivity index (χ0) is 12.9. The van der Waals surface area contributed by atoms with Crippen molar-refractivity contribution in [1.82, 2.24) is 5.32 Å². The SMILES string of the molecule is CCCCCCCCCNC(CC)C(=O)OC. The molecule has 0 aromatic carbocycles. The number of hydrogen-bond acceptors (Lipinski definition) is 3. The van der Waals surface area contributed by atoms with Gasteiger partial charge in [0.2, 0.25) is 0 Å². The third kappa shape index (κ3) is 9.16. The number of esters is 1. The minimum Gasteiger partial charge on any atom is -0.468 e. The van der Waals surface area contributed by atoms with Gasteiger partial charge in [0.05, 0.1) is 7.11 Å². The lowest BCUT2D eigenvalue weighted by Gasteiger charge is -2.14. The van der Waals surface area contributed by atoms with Crippen LogP contribution in [-0.4, -0.2) is 25.7 Å². The molecule has 0 heterocycles. The third-order valence-corrected chi connectivity index (χ3v) is 3.07. The summed E-state index contributed by atoms with van der Waals surface area (Å²) in [6, 6.07) is -0.125. The van der Waals surface area contributed by atoms with Crippen molar-refractivity contribution in [3.8, 4) is 0 Å². The Balaban J connectivity index is 3.34. The van der Waals surface area contributed by atoms with Crippen molar-refractivity contribution in [3.05, 3.63) is 0 Å². The summed E-state index contributed by atoms with van der Waals surface area (Å²) in [6.45, 7) is 5.16. The van der Waals surface area contributed by atoms with E-state index >= 15 is 0 Å². The number of rotatable bonds is 11. The molecule has 0 aliphatic carbocycles. The van der Waals surface area contributed by atoms with Gasteiger partial charge in [0.1, 0.15) is 6.04 Å². The molecule has 0 bridgehead atoms. The summed E-state index contributed by atoms with van der Waals surface area (Å²) < 4.78 is 4.72. The van der Waals surface area contributed by atoms with Gasteiger partial charge in [-0.1, -0.05) is 52.4 Å². The highest BCUT2D eigenvalue weighted by Gasteiger charge is 2.14. The van der Waals surface area contributed by atoms with Crippen molar-refractivity contribution in [1.29, 1.82) is 0 Å². The maximum atomic E-state index is 11.3. The highest BCUT2D eigenvalue weighted by Crippen LogP contribution is 2.06. The van der Waals surface area contributed by atoms with Gasteiger partial charge in [-0.15, -0.1) is 0 Å². The molecule has 0 saturated carbocycles. The minimum absolute atomic E-state index is 0.125. The monoisotopic (exact) mass is 243 g/mol. The number of carbonyl (C=O) groups is 1. The Labute approximate surface area is 106 Å². The predicted molar refractivity (Wildman–Crippen MR) is 72.1 cm³/mol. The van der Waals surface area contributed by atoms with Gasteiger partial charge >= 0.3 is 5.97 Å². The van der Waals surface area contributed by atoms with Gasteiger partial charge in [-0.25, -0.2) is 0 Å². The molecule has 0 amide bonds. The van der Waals surface area contributed by atoms with Crippen molar-refractivity contribution in [2.75, 3.05) is 13.7 Å². The first kappa shape index (κ1) is 16.4. The fraction of sp³-hybridized carbons (Fsp3) is 0.929. The third-order valence-electron chi connectivity index (χ3n) is 3.07. The smallest absolute Gasteiger partial charge is 0.322 e. The molecule has 0 radical (unpaired) electrons. The van der Waals surface area contributed by atoms with Gasteiger partial charge in [-0.2, -0.15) is 0 Å². The van der Waals surface area contributed by atoms with E-state index in [1.54, 1.807) is 0 Å². The molecule has 0 rings (SSSR count). The Kier molecular flexibility index (Phi) is 11.5. The molecule has 1 N–H and O–H groups in total. The molecule has 102 valence electrons. The van der Waals surface area contributed by atoms with Crippen LogP contribution in [0, 0.1) is 0 Å². The van der Waals surface area contributed by atoms with E-state index in [0.717, 1.165) is 19.4 Å². The molecular weight excluding hydrogens is 214 g/mol. The lowest BCUT2D eigenvalue weighted by molar-refractivity contribution is -0.143. The molecule has 0 fully saturated rings. The summed E-state index contributed by atoms with van der Waals surface area (Å²) in [5.41, 5.74) is 0. The highest BCUT2D eigenvalue weighted by atomic mass is 16.5. The lowest BCUT2D eigenvalue weighted by atomic mass is 10.1. The van der Waals surface area contributed by atoms with Crippen LogP contribution in [0.1, 0.15) is 65.2 Å². The summed E-state index contributed by atoms with van der Waals surface area (Å²) in [6.07, 6.45) is 9.90.